The Morgan fingerprint density at radius 1 is 1.08 bits per heavy atom. The number of nitrogens with two attached hydrogens (primary N) is 1. The average Bonchev–Trinajstić information content (AvgIpc) is 2.90. The summed E-state index contributed by atoms with van der Waals surface area (Å²) in [6.45, 7) is 6.58. The number of aryl methyl sites for hydroxylation is 1. The zero-order valence-electron chi connectivity index (χ0n) is 22.3. The Kier molecular flexibility index (Phi) is 7.80. The van der Waals surface area contributed by atoms with Crippen LogP contribution in [-0.4, -0.2) is 33.1 Å². The second-order valence-corrected chi connectivity index (χ2v) is 9.75. The number of hydrogen-bond acceptors (Lipinski definition) is 6. The van der Waals surface area contributed by atoms with Crippen molar-refractivity contribution in [2.24, 2.45) is 13.0 Å². The van der Waals surface area contributed by atoms with E-state index in [0.717, 1.165) is 16.8 Å². The number of anilines is 4. The molecule has 0 saturated carbocycles. The molecular weight excluding hydrogens is 494 g/mol. The standard InChI is InChI=1S/C30H31N5O4/c1-18(2)16-35(28(36)20-9-6-5-7-10-20)26-12-8-11-22(19(26)3)25-17-34(4)29(37)27(33-25)32-21-13-14-23(30(38)39)24(31)15-21/h5-15,17-18H,16,31H2,1-4H3,(H,32,33)(H,38,39). The van der Waals surface area contributed by atoms with Crippen LogP contribution in [0.25, 0.3) is 11.3 Å². The van der Waals surface area contributed by atoms with Gasteiger partial charge in [-0.25, -0.2) is 9.78 Å². The number of carbonyl (C=O) groups excluding carboxylic acids is 1. The van der Waals surface area contributed by atoms with Gasteiger partial charge in [0.05, 0.1) is 11.3 Å². The topological polar surface area (TPSA) is 131 Å². The van der Waals surface area contributed by atoms with Gasteiger partial charge in [-0.2, -0.15) is 0 Å². The van der Waals surface area contributed by atoms with E-state index in [4.69, 9.17) is 5.73 Å². The summed E-state index contributed by atoms with van der Waals surface area (Å²) < 4.78 is 1.42. The number of aromatic nitrogens is 2. The predicted molar refractivity (Wildman–Crippen MR) is 154 cm³/mol. The maximum atomic E-state index is 13.5. The molecule has 9 heteroatoms. The maximum absolute atomic E-state index is 13.5. The van der Waals surface area contributed by atoms with Gasteiger partial charge < -0.3 is 25.6 Å². The van der Waals surface area contributed by atoms with Gasteiger partial charge in [0.25, 0.3) is 11.5 Å². The molecule has 0 saturated heterocycles. The summed E-state index contributed by atoms with van der Waals surface area (Å²) in [5.41, 5.74) is 9.48. The van der Waals surface area contributed by atoms with Crippen molar-refractivity contribution in [3.05, 3.63) is 100.0 Å². The van der Waals surface area contributed by atoms with E-state index in [0.29, 0.717) is 23.5 Å². The van der Waals surface area contributed by atoms with Crippen LogP contribution >= 0.6 is 0 Å². The first-order valence-corrected chi connectivity index (χ1v) is 12.5. The molecule has 1 heterocycles. The Morgan fingerprint density at radius 2 is 1.79 bits per heavy atom. The zero-order chi connectivity index (χ0) is 28.3. The number of carboxylic acids is 1. The van der Waals surface area contributed by atoms with E-state index in [2.05, 4.69) is 24.1 Å². The molecule has 0 aliphatic heterocycles. The number of aromatic carboxylic acids is 1. The average molecular weight is 526 g/mol. The molecule has 3 aromatic carbocycles. The Morgan fingerprint density at radius 3 is 2.44 bits per heavy atom. The molecule has 0 spiro atoms. The molecule has 4 rings (SSSR count). The van der Waals surface area contributed by atoms with E-state index in [1.54, 1.807) is 30.3 Å². The molecule has 0 bridgehead atoms. The number of nitrogen functional groups attached to an aromatic ring is 1. The fraction of sp³-hybridized carbons (Fsp3) is 0.200. The highest BCUT2D eigenvalue weighted by molar-refractivity contribution is 6.07. The van der Waals surface area contributed by atoms with Gasteiger partial charge in [0, 0.05) is 48.0 Å². The summed E-state index contributed by atoms with van der Waals surface area (Å²) in [4.78, 5) is 44.1. The van der Waals surface area contributed by atoms with Crippen LogP contribution in [0, 0.1) is 12.8 Å². The molecule has 0 atom stereocenters. The maximum Gasteiger partial charge on any atom is 0.337 e. The number of carboxylic acid groups (broad SMARTS) is 1. The summed E-state index contributed by atoms with van der Waals surface area (Å²) in [7, 11) is 1.63. The smallest absolute Gasteiger partial charge is 0.337 e. The first kappa shape index (κ1) is 27.1. The van der Waals surface area contributed by atoms with Gasteiger partial charge in [-0.1, -0.05) is 44.2 Å². The highest BCUT2D eigenvalue weighted by atomic mass is 16.4. The van der Waals surface area contributed by atoms with Crippen LogP contribution < -0.4 is 21.5 Å². The lowest BCUT2D eigenvalue weighted by molar-refractivity contribution is 0.0698. The molecule has 4 aromatic rings. The molecule has 0 aliphatic carbocycles. The minimum absolute atomic E-state index is 0.0291. The number of carbonyl (C=O) groups is 2. The molecule has 9 nitrogen and oxygen atoms in total. The fourth-order valence-corrected chi connectivity index (χ4v) is 4.38. The van der Waals surface area contributed by atoms with E-state index >= 15 is 0 Å². The predicted octanol–water partition coefficient (Wildman–Crippen LogP) is 5.08. The van der Waals surface area contributed by atoms with Gasteiger partial charge in [-0.05, 0) is 54.8 Å². The van der Waals surface area contributed by atoms with Crippen molar-refractivity contribution in [2.75, 3.05) is 22.5 Å². The number of benzene rings is 3. The van der Waals surface area contributed by atoms with Crippen molar-refractivity contribution in [3.8, 4) is 11.3 Å². The molecule has 0 fully saturated rings. The Labute approximate surface area is 226 Å². The highest BCUT2D eigenvalue weighted by Gasteiger charge is 2.22. The van der Waals surface area contributed by atoms with Crippen molar-refractivity contribution in [1.82, 2.24) is 9.55 Å². The first-order chi connectivity index (χ1) is 18.6. The second kappa shape index (κ2) is 11.2. The van der Waals surface area contributed by atoms with Gasteiger partial charge in [0.2, 0.25) is 0 Å². The summed E-state index contributed by atoms with van der Waals surface area (Å²) in [6.07, 6.45) is 1.65. The number of amides is 1. The summed E-state index contributed by atoms with van der Waals surface area (Å²) in [5.74, 6) is -0.945. The van der Waals surface area contributed by atoms with E-state index in [-0.39, 0.29) is 34.5 Å². The number of hydrogen-bond donors (Lipinski definition) is 3. The van der Waals surface area contributed by atoms with Gasteiger partial charge in [0.1, 0.15) is 0 Å². The molecule has 1 aromatic heterocycles. The molecule has 200 valence electrons. The highest BCUT2D eigenvalue weighted by Crippen LogP contribution is 2.32. The van der Waals surface area contributed by atoms with Crippen LogP contribution in [0.15, 0.2) is 77.7 Å². The third-order valence-corrected chi connectivity index (χ3v) is 6.30. The quantitative estimate of drug-likeness (QED) is 0.273. The van der Waals surface area contributed by atoms with Gasteiger partial charge in [-0.3, -0.25) is 9.59 Å². The summed E-state index contributed by atoms with van der Waals surface area (Å²) >= 11 is 0. The lowest BCUT2D eigenvalue weighted by atomic mass is 10.0. The summed E-state index contributed by atoms with van der Waals surface area (Å²) in [5, 5.41) is 12.2. The summed E-state index contributed by atoms with van der Waals surface area (Å²) in [6, 6.07) is 19.2. The van der Waals surface area contributed by atoms with Gasteiger partial charge >= 0.3 is 5.97 Å². The third-order valence-electron chi connectivity index (χ3n) is 6.30. The SMILES string of the molecule is Cc1c(-c2cn(C)c(=O)c(Nc3ccc(C(=O)O)c(N)c3)n2)cccc1N(CC(C)C)C(=O)c1ccccc1. The van der Waals surface area contributed by atoms with Crippen LogP contribution in [0.2, 0.25) is 0 Å². The Bertz CT molecular complexity index is 1600. The number of nitrogens with one attached hydrogen (secondary N) is 1. The Balaban J connectivity index is 1.76. The second-order valence-electron chi connectivity index (χ2n) is 9.75. The molecule has 0 unspecified atom stereocenters. The first-order valence-electron chi connectivity index (χ1n) is 12.5. The molecule has 0 radical (unpaired) electrons. The van der Waals surface area contributed by atoms with Crippen LogP contribution in [0.3, 0.4) is 0 Å². The van der Waals surface area contributed by atoms with Crippen molar-refractivity contribution in [1.29, 1.82) is 0 Å². The molecule has 39 heavy (non-hydrogen) atoms. The van der Waals surface area contributed by atoms with Crippen molar-refractivity contribution >= 4 is 34.8 Å². The zero-order valence-corrected chi connectivity index (χ0v) is 22.3. The molecule has 0 aliphatic rings. The van der Waals surface area contributed by atoms with Crippen molar-refractivity contribution in [3.63, 3.8) is 0 Å². The number of rotatable bonds is 8. The molecule has 4 N–H and O–H groups in total. The largest absolute Gasteiger partial charge is 0.478 e. The Hall–Kier alpha value is -4.92. The third kappa shape index (κ3) is 5.82. The van der Waals surface area contributed by atoms with E-state index in [1.165, 1.54) is 22.8 Å². The monoisotopic (exact) mass is 525 g/mol. The van der Waals surface area contributed by atoms with E-state index in [9.17, 15) is 19.5 Å². The lowest BCUT2D eigenvalue weighted by Crippen LogP contribution is -2.34. The normalized spacial score (nSPS) is 10.9. The van der Waals surface area contributed by atoms with Gasteiger partial charge in [-0.15, -0.1) is 0 Å². The van der Waals surface area contributed by atoms with Crippen molar-refractivity contribution < 1.29 is 14.7 Å². The fourth-order valence-electron chi connectivity index (χ4n) is 4.38. The minimum atomic E-state index is -1.14. The minimum Gasteiger partial charge on any atom is -0.478 e. The van der Waals surface area contributed by atoms with E-state index < -0.39 is 5.97 Å². The van der Waals surface area contributed by atoms with Gasteiger partial charge in [0.15, 0.2) is 5.82 Å². The van der Waals surface area contributed by atoms with Crippen LogP contribution in [0.4, 0.5) is 22.9 Å². The van der Waals surface area contributed by atoms with E-state index in [1.807, 2.05) is 43.3 Å². The van der Waals surface area contributed by atoms with Crippen LogP contribution in [0.1, 0.15) is 40.1 Å². The number of nitrogens with zero attached hydrogens (tertiary/aromatic N) is 3. The molecule has 1 amide bonds. The molecular formula is C30H31N5O4. The van der Waals surface area contributed by atoms with Crippen LogP contribution in [-0.2, 0) is 7.05 Å². The lowest BCUT2D eigenvalue weighted by Gasteiger charge is -2.27. The van der Waals surface area contributed by atoms with Crippen LogP contribution in [0.5, 0.6) is 0 Å². The van der Waals surface area contributed by atoms with Crippen molar-refractivity contribution in [2.45, 2.75) is 20.8 Å².